The van der Waals surface area contributed by atoms with E-state index in [1.165, 1.54) is 0 Å². The van der Waals surface area contributed by atoms with Crippen molar-refractivity contribution in [3.05, 3.63) is 0 Å². The van der Waals surface area contributed by atoms with Crippen LogP contribution in [-0.4, -0.2) is 60.8 Å². The molecule has 0 unspecified atom stereocenters. The molecule has 0 amide bonds. The topological polar surface area (TPSA) is 255 Å². The standard InChI is InChI=1S/Mg.HO3P.6H2O/c;1-4(2)3;;;;;;/h;1H;6*1H2/q+2;-2;;;;;;. The first-order chi connectivity index (χ1) is 1.73. The van der Waals surface area contributed by atoms with Gasteiger partial charge in [0.25, 0.3) is 0 Å². The summed E-state index contributed by atoms with van der Waals surface area (Å²) < 4.78 is 0. The molecule has 74 valence electrons. The molecule has 9 nitrogen and oxygen atoms in total. The van der Waals surface area contributed by atoms with Crippen molar-refractivity contribution in [2.24, 2.45) is 0 Å². The van der Waals surface area contributed by atoms with E-state index in [2.05, 4.69) is 0 Å². The molecule has 0 rings (SSSR count). The maximum atomic E-state index is 8.59. The first kappa shape index (κ1) is 94.4. The fourth-order valence-electron chi connectivity index (χ4n) is 0. The molecule has 0 radical (unpaired) electrons. The second kappa shape index (κ2) is 71.2. The van der Waals surface area contributed by atoms with Crippen LogP contribution in [0.3, 0.4) is 0 Å². The van der Waals surface area contributed by atoms with Crippen LogP contribution in [0, 0.1) is 0 Å². The van der Waals surface area contributed by atoms with Crippen molar-refractivity contribution in [1.29, 1.82) is 0 Å². The van der Waals surface area contributed by atoms with Crippen molar-refractivity contribution in [2.75, 3.05) is 0 Å². The molecule has 0 aliphatic rings. The van der Waals surface area contributed by atoms with Crippen LogP contribution in [0.15, 0.2) is 0 Å². The second-order valence-electron chi connectivity index (χ2n) is 0.238. The average molecular weight is 212 g/mol. The molecule has 0 heterocycles. The molecule has 0 fully saturated rings. The van der Waals surface area contributed by atoms with Gasteiger partial charge >= 0.3 is 23.1 Å². The molecule has 11 heteroatoms. The summed E-state index contributed by atoms with van der Waals surface area (Å²) in [5.41, 5.74) is 0. The Morgan fingerprint density at radius 3 is 0.727 bits per heavy atom. The maximum Gasteiger partial charge on any atom is 2.00 e. The SMILES string of the molecule is O.O.O.O.O.O.[Mg+2].[O-]P([O-])O. The smallest absolute Gasteiger partial charge is 0.820 e. The van der Waals surface area contributed by atoms with Gasteiger partial charge in [-0.15, -0.1) is 0 Å². The van der Waals surface area contributed by atoms with Crippen LogP contribution < -0.4 is 9.79 Å². The third-order valence-electron chi connectivity index (χ3n) is 0. The Labute approximate surface area is 79.7 Å². The molecule has 0 spiro atoms. The molecule has 0 saturated heterocycles. The summed E-state index contributed by atoms with van der Waals surface area (Å²) in [6.45, 7) is 0. The van der Waals surface area contributed by atoms with E-state index in [9.17, 15) is 0 Å². The van der Waals surface area contributed by atoms with Crippen LogP contribution in [0.4, 0.5) is 0 Å². The fourth-order valence-corrected chi connectivity index (χ4v) is 0. The summed E-state index contributed by atoms with van der Waals surface area (Å²) in [4.78, 5) is 24.2. The van der Waals surface area contributed by atoms with Crippen LogP contribution in [0.2, 0.25) is 0 Å². The minimum absolute atomic E-state index is 0. The van der Waals surface area contributed by atoms with E-state index in [1.54, 1.807) is 0 Å². The predicted octanol–water partition coefficient (Wildman–Crippen LogP) is -7.40. The zero-order valence-corrected chi connectivity index (χ0v) is 7.73. The molecule has 0 aliphatic carbocycles. The van der Waals surface area contributed by atoms with Gasteiger partial charge < -0.3 is 47.5 Å². The first-order valence-corrected chi connectivity index (χ1v) is 1.70. The van der Waals surface area contributed by atoms with Crippen molar-refractivity contribution in [2.45, 2.75) is 0 Å². The Morgan fingerprint density at radius 2 is 0.727 bits per heavy atom. The molecule has 0 aliphatic heterocycles. The Morgan fingerprint density at radius 1 is 0.727 bits per heavy atom. The summed E-state index contributed by atoms with van der Waals surface area (Å²) in [5.74, 6) is 0. The van der Waals surface area contributed by atoms with E-state index in [1.807, 2.05) is 0 Å². The van der Waals surface area contributed by atoms with Gasteiger partial charge in [-0.3, -0.25) is 0 Å². The van der Waals surface area contributed by atoms with Gasteiger partial charge in [0, 0.05) is 0 Å². The Kier molecular flexibility index (Phi) is 612. The van der Waals surface area contributed by atoms with Gasteiger partial charge in [-0.1, -0.05) is 0 Å². The minimum Gasteiger partial charge on any atom is -0.820 e. The van der Waals surface area contributed by atoms with Gasteiger partial charge in [0.2, 0.25) is 0 Å². The number of hydrogen-bond acceptors (Lipinski definition) is 3. The molecular weight excluding hydrogens is 199 g/mol. The van der Waals surface area contributed by atoms with Crippen molar-refractivity contribution in [1.82, 2.24) is 0 Å². The van der Waals surface area contributed by atoms with Gasteiger partial charge in [-0.2, -0.15) is 8.60 Å². The van der Waals surface area contributed by atoms with Crippen molar-refractivity contribution in [3.63, 3.8) is 0 Å². The second-order valence-corrected chi connectivity index (χ2v) is 0.714. The number of rotatable bonds is 0. The van der Waals surface area contributed by atoms with Gasteiger partial charge in [-0.25, -0.2) is 0 Å². The number of hydrogen-bond donors (Lipinski definition) is 1. The Hall–Kier alpha value is 0.836. The summed E-state index contributed by atoms with van der Waals surface area (Å²) >= 11 is 0. The first-order valence-electron chi connectivity index (χ1n) is 0.565. The molecule has 0 atom stereocenters. The molecule has 0 aromatic heterocycles. The van der Waals surface area contributed by atoms with E-state index >= 15 is 0 Å². The van der Waals surface area contributed by atoms with E-state index in [0.717, 1.165) is 0 Å². The van der Waals surface area contributed by atoms with Gasteiger partial charge in [0.1, 0.15) is 0 Å². The summed E-state index contributed by atoms with van der Waals surface area (Å²) in [6.07, 6.45) is 0. The van der Waals surface area contributed by atoms with Crippen LogP contribution >= 0.6 is 8.60 Å². The van der Waals surface area contributed by atoms with E-state index in [0.29, 0.717) is 0 Å². The molecular formula is H13MgO9P. The van der Waals surface area contributed by atoms with E-state index < -0.39 is 8.60 Å². The molecule has 0 bridgehead atoms. The van der Waals surface area contributed by atoms with E-state index in [4.69, 9.17) is 14.7 Å². The summed E-state index contributed by atoms with van der Waals surface area (Å²) in [7, 11) is -3.12. The molecule has 13 N–H and O–H groups in total. The van der Waals surface area contributed by atoms with Crippen LogP contribution in [0.25, 0.3) is 0 Å². The maximum absolute atomic E-state index is 8.59. The minimum atomic E-state index is -3.12. The van der Waals surface area contributed by atoms with Gasteiger partial charge in [0.05, 0.1) is 0 Å². The molecule has 0 aromatic carbocycles. The van der Waals surface area contributed by atoms with Gasteiger partial charge in [-0.05, 0) is 0 Å². The van der Waals surface area contributed by atoms with E-state index in [-0.39, 0.29) is 55.9 Å². The van der Waals surface area contributed by atoms with Gasteiger partial charge in [0.15, 0.2) is 0 Å². The zero-order valence-electron chi connectivity index (χ0n) is 5.42. The monoisotopic (exact) mass is 212 g/mol. The quantitative estimate of drug-likeness (QED) is 0.303. The molecule has 0 saturated carbocycles. The van der Waals surface area contributed by atoms with Crippen LogP contribution in [0.5, 0.6) is 0 Å². The van der Waals surface area contributed by atoms with Crippen molar-refractivity contribution in [3.8, 4) is 0 Å². The molecule has 0 aromatic rings. The van der Waals surface area contributed by atoms with Crippen LogP contribution in [0.1, 0.15) is 0 Å². The molecule has 11 heavy (non-hydrogen) atoms. The van der Waals surface area contributed by atoms with Crippen LogP contribution in [-0.2, 0) is 0 Å². The third kappa shape index (κ3) is 1210. The normalized spacial score (nSPS) is 3.27. The van der Waals surface area contributed by atoms with Crippen molar-refractivity contribution < 1.29 is 47.5 Å². The average Bonchev–Trinajstić information content (AvgIpc) is 0.811. The van der Waals surface area contributed by atoms with Crippen molar-refractivity contribution >= 4 is 31.7 Å². The fraction of sp³-hybridized carbons (Fsp3) is 0. The Balaban J connectivity index is -0.00000000214. The third-order valence-corrected chi connectivity index (χ3v) is 0. The summed E-state index contributed by atoms with van der Waals surface area (Å²) in [5, 5.41) is 0. The Bertz CT molecular complexity index is 14.3. The largest absolute Gasteiger partial charge is 2.00 e. The zero-order chi connectivity index (χ0) is 3.58. The summed E-state index contributed by atoms with van der Waals surface area (Å²) in [6, 6.07) is 0. The predicted molar refractivity (Wildman–Crippen MR) is 36.6 cm³/mol.